The lowest BCUT2D eigenvalue weighted by Gasteiger charge is -2.34. The third-order valence-electron chi connectivity index (χ3n) is 5.21. The van der Waals surface area contributed by atoms with Gasteiger partial charge < -0.3 is 15.0 Å². The molecule has 9 heteroatoms. The number of anilines is 1. The van der Waals surface area contributed by atoms with Crippen molar-refractivity contribution >= 4 is 11.6 Å². The summed E-state index contributed by atoms with van der Waals surface area (Å²) in [6.45, 7) is 2.26. The minimum Gasteiger partial charge on any atom is -0.383 e. The number of halogens is 2. The predicted molar refractivity (Wildman–Crippen MR) is 108 cm³/mol. The number of hydrogen-bond acceptors (Lipinski definition) is 5. The molecule has 1 aromatic heterocycles. The lowest BCUT2D eigenvalue weighted by Crippen LogP contribution is -2.39. The highest BCUT2D eigenvalue weighted by atomic mass is 19.1. The van der Waals surface area contributed by atoms with Crippen LogP contribution in [0.1, 0.15) is 24.8 Å². The van der Waals surface area contributed by atoms with Crippen LogP contribution < -0.4 is 15.8 Å². The molecule has 0 aliphatic carbocycles. The fourth-order valence-corrected chi connectivity index (χ4v) is 3.60. The lowest BCUT2D eigenvalue weighted by atomic mass is 9.94. The summed E-state index contributed by atoms with van der Waals surface area (Å²) < 4.78 is 33.0. The first-order valence-corrected chi connectivity index (χ1v) is 9.98. The molecule has 0 radical (unpaired) electrons. The summed E-state index contributed by atoms with van der Waals surface area (Å²) in [6, 6.07) is 4.86. The van der Waals surface area contributed by atoms with Crippen molar-refractivity contribution in [2.75, 3.05) is 31.7 Å². The van der Waals surface area contributed by atoms with Gasteiger partial charge in [0, 0.05) is 50.9 Å². The largest absolute Gasteiger partial charge is 0.383 e. The van der Waals surface area contributed by atoms with Crippen LogP contribution in [0.25, 0.3) is 0 Å². The Bertz CT molecular complexity index is 935. The molecular formula is C21H26F2N4O3. The molecule has 1 aliphatic rings. The Hall–Kier alpha value is -2.81. The minimum atomic E-state index is -0.674. The van der Waals surface area contributed by atoms with E-state index in [1.54, 1.807) is 19.4 Å². The number of carbonyl (C=O) groups excluding carboxylic acids is 1. The number of methoxy groups -OCH3 is 1. The van der Waals surface area contributed by atoms with Gasteiger partial charge in [-0.2, -0.15) is 5.10 Å². The maximum Gasteiger partial charge on any atom is 0.268 e. The highest BCUT2D eigenvalue weighted by Crippen LogP contribution is 2.24. The molecule has 1 atom stereocenters. The number of hydrogen-bond donors (Lipinski definition) is 1. The van der Waals surface area contributed by atoms with E-state index in [0.717, 1.165) is 31.1 Å². The molecule has 0 saturated carbocycles. The third kappa shape index (κ3) is 5.85. The van der Waals surface area contributed by atoms with Crippen LogP contribution in [0.15, 0.2) is 35.3 Å². The van der Waals surface area contributed by atoms with Crippen LogP contribution >= 0.6 is 0 Å². The smallest absolute Gasteiger partial charge is 0.268 e. The molecule has 1 N–H and O–H groups in total. The van der Waals surface area contributed by atoms with Gasteiger partial charge in [0.05, 0.1) is 25.0 Å². The van der Waals surface area contributed by atoms with Crippen LogP contribution in [0.2, 0.25) is 0 Å². The van der Waals surface area contributed by atoms with Gasteiger partial charge in [0.25, 0.3) is 5.56 Å². The normalized spacial score (nSPS) is 16.5. The van der Waals surface area contributed by atoms with E-state index < -0.39 is 11.6 Å². The van der Waals surface area contributed by atoms with Gasteiger partial charge in [0.2, 0.25) is 5.91 Å². The topological polar surface area (TPSA) is 76.5 Å². The van der Waals surface area contributed by atoms with Crippen molar-refractivity contribution in [2.45, 2.75) is 32.4 Å². The molecule has 1 saturated heterocycles. The lowest BCUT2D eigenvalue weighted by molar-refractivity contribution is -0.122. The van der Waals surface area contributed by atoms with Gasteiger partial charge in [-0.15, -0.1) is 0 Å². The Morgan fingerprint density at radius 2 is 2.17 bits per heavy atom. The number of amides is 1. The molecule has 2 heterocycles. The zero-order chi connectivity index (χ0) is 21.5. The van der Waals surface area contributed by atoms with Gasteiger partial charge in [-0.05, 0) is 24.8 Å². The molecular weight excluding hydrogens is 394 g/mol. The first-order chi connectivity index (χ1) is 14.5. The van der Waals surface area contributed by atoms with Crippen LogP contribution in [0.4, 0.5) is 14.5 Å². The van der Waals surface area contributed by atoms with Crippen molar-refractivity contribution < 1.29 is 18.3 Å². The monoisotopic (exact) mass is 420 g/mol. The maximum absolute atomic E-state index is 13.7. The van der Waals surface area contributed by atoms with Gasteiger partial charge in [-0.3, -0.25) is 9.59 Å². The Labute approximate surface area is 173 Å². The zero-order valence-electron chi connectivity index (χ0n) is 16.9. The van der Waals surface area contributed by atoms with E-state index in [2.05, 4.69) is 15.3 Å². The molecule has 1 aliphatic heterocycles. The second kappa shape index (κ2) is 10.3. The summed E-state index contributed by atoms with van der Waals surface area (Å²) >= 11 is 0. The minimum absolute atomic E-state index is 0.0189. The van der Waals surface area contributed by atoms with Crippen molar-refractivity contribution in [1.29, 1.82) is 0 Å². The van der Waals surface area contributed by atoms with E-state index in [1.807, 2.05) is 0 Å². The molecule has 1 amide bonds. The number of nitrogens with one attached hydrogen (secondary N) is 1. The SMILES string of the molecule is COCCn1ncc(N2CCCC(CC(=O)NCc3ccc(F)cc3F)C2)cc1=O. The Balaban J connectivity index is 1.53. The van der Waals surface area contributed by atoms with Crippen LogP contribution in [-0.4, -0.2) is 42.5 Å². The van der Waals surface area contributed by atoms with Crippen LogP contribution in [-0.2, 0) is 22.6 Å². The first-order valence-electron chi connectivity index (χ1n) is 9.98. The number of piperidine rings is 1. The van der Waals surface area contributed by atoms with E-state index in [4.69, 9.17) is 4.74 Å². The molecule has 162 valence electrons. The molecule has 1 unspecified atom stereocenters. The fourth-order valence-electron chi connectivity index (χ4n) is 3.60. The molecule has 7 nitrogen and oxygen atoms in total. The second-order valence-corrected chi connectivity index (χ2v) is 7.44. The predicted octanol–water partition coefficient (Wildman–Crippen LogP) is 2.09. The second-order valence-electron chi connectivity index (χ2n) is 7.44. The quantitative estimate of drug-likeness (QED) is 0.708. The Kier molecular flexibility index (Phi) is 7.51. The summed E-state index contributed by atoms with van der Waals surface area (Å²) in [4.78, 5) is 26.6. The summed E-state index contributed by atoms with van der Waals surface area (Å²) in [7, 11) is 1.57. The van der Waals surface area contributed by atoms with Crippen LogP contribution in [0.5, 0.6) is 0 Å². The summed E-state index contributed by atoms with van der Waals surface area (Å²) in [5, 5.41) is 6.90. The van der Waals surface area contributed by atoms with E-state index in [1.165, 1.54) is 16.8 Å². The Morgan fingerprint density at radius 3 is 2.90 bits per heavy atom. The highest BCUT2D eigenvalue weighted by Gasteiger charge is 2.23. The van der Waals surface area contributed by atoms with E-state index in [0.29, 0.717) is 26.1 Å². The molecule has 30 heavy (non-hydrogen) atoms. The number of nitrogens with zero attached hydrogens (tertiary/aromatic N) is 3. The molecule has 1 aromatic carbocycles. The van der Waals surface area contributed by atoms with Crippen molar-refractivity contribution in [3.05, 3.63) is 58.0 Å². The number of rotatable bonds is 8. The Morgan fingerprint density at radius 1 is 1.33 bits per heavy atom. The molecule has 3 rings (SSSR count). The van der Waals surface area contributed by atoms with Gasteiger partial charge in [0.1, 0.15) is 11.6 Å². The van der Waals surface area contributed by atoms with Crippen LogP contribution in [0.3, 0.4) is 0 Å². The van der Waals surface area contributed by atoms with Crippen molar-refractivity contribution in [1.82, 2.24) is 15.1 Å². The van der Waals surface area contributed by atoms with E-state index in [9.17, 15) is 18.4 Å². The average Bonchev–Trinajstić information content (AvgIpc) is 2.72. The van der Waals surface area contributed by atoms with E-state index in [-0.39, 0.29) is 29.5 Å². The number of carbonyl (C=O) groups is 1. The van der Waals surface area contributed by atoms with Crippen molar-refractivity contribution in [3.8, 4) is 0 Å². The standard InChI is InChI=1S/C21H26F2N4O3/c1-30-8-7-27-21(29)11-18(13-25-27)26-6-2-3-15(14-26)9-20(28)24-12-16-4-5-17(22)10-19(16)23/h4-5,10-11,13,15H,2-3,6-9,12,14H2,1H3,(H,24,28). The van der Waals surface area contributed by atoms with Crippen molar-refractivity contribution in [2.24, 2.45) is 5.92 Å². The molecule has 0 spiro atoms. The third-order valence-corrected chi connectivity index (χ3v) is 5.21. The summed E-state index contributed by atoms with van der Waals surface area (Å²) in [5.74, 6) is -1.39. The number of benzene rings is 1. The summed E-state index contributed by atoms with van der Waals surface area (Å²) in [6.07, 6.45) is 3.76. The van der Waals surface area contributed by atoms with Gasteiger partial charge in [-0.1, -0.05) is 6.07 Å². The molecule has 1 fully saturated rings. The zero-order valence-corrected chi connectivity index (χ0v) is 16.9. The summed E-state index contributed by atoms with van der Waals surface area (Å²) in [5.41, 5.74) is 0.799. The van der Waals surface area contributed by atoms with Gasteiger partial charge in [-0.25, -0.2) is 13.5 Å². The highest BCUT2D eigenvalue weighted by molar-refractivity contribution is 5.76. The fraction of sp³-hybridized carbons (Fsp3) is 0.476. The first kappa shape index (κ1) is 21.9. The molecule has 0 bridgehead atoms. The van der Waals surface area contributed by atoms with Gasteiger partial charge in [0.15, 0.2) is 0 Å². The number of ether oxygens (including phenoxy) is 1. The molecule has 2 aromatic rings. The average molecular weight is 420 g/mol. The maximum atomic E-state index is 13.7. The van der Waals surface area contributed by atoms with Gasteiger partial charge >= 0.3 is 0 Å². The van der Waals surface area contributed by atoms with E-state index >= 15 is 0 Å². The van der Waals surface area contributed by atoms with Crippen molar-refractivity contribution in [3.63, 3.8) is 0 Å². The van der Waals surface area contributed by atoms with Crippen LogP contribution in [0, 0.1) is 17.6 Å². The number of aromatic nitrogens is 2.